The first kappa shape index (κ1) is 24.6. The van der Waals surface area contributed by atoms with Crippen LogP contribution in [-0.2, 0) is 9.47 Å². The molecule has 1 aliphatic carbocycles. The van der Waals surface area contributed by atoms with Gasteiger partial charge in [-0.05, 0) is 62.3 Å². The van der Waals surface area contributed by atoms with Gasteiger partial charge in [0.25, 0.3) is 0 Å². The largest absolute Gasteiger partial charge is 0.449 e. The molecule has 7 nitrogen and oxygen atoms in total. The number of benzene rings is 2. The summed E-state index contributed by atoms with van der Waals surface area (Å²) in [5.74, 6) is 0.0346. The SMILES string of the molecule is CC(C)(C)OC(=O)NC(CO)CCCCNC(=O)OCC1c2ccccc2-c2ccccc21. The molecule has 0 spiro atoms. The van der Waals surface area contributed by atoms with Gasteiger partial charge in [0.15, 0.2) is 0 Å². The number of carbonyl (C=O) groups excluding carboxylic acids is 2. The molecule has 1 atom stereocenters. The summed E-state index contributed by atoms with van der Waals surface area (Å²) in [7, 11) is 0. The lowest BCUT2D eigenvalue weighted by atomic mass is 9.98. The topological polar surface area (TPSA) is 96.9 Å². The van der Waals surface area contributed by atoms with Crippen LogP contribution in [-0.4, -0.2) is 48.7 Å². The van der Waals surface area contributed by atoms with E-state index >= 15 is 0 Å². The second-order valence-corrected chi connectivity index (χ2v) is 9.27. The van der Waals surface area contributed by atoms with E-state index in [-0.39, 0.29) is 25.2 Å². The van der Waals surface area contributed by atoms with E-state index in [2.05, 4.69) is 34.9 Å². The van der Waals surface area contributed by atoms with Gasteiger partial charge in [-0.2, -0.15) is 0 Å². The third-order valence-corrected chi connectivity index (χ3v) is 5.53. The van der Waals surface area contributed by atoms with Crippen LogP contribution >= 0.6 is 0 Å². The monoisotopic (exact) mass is 454 g/mol. The van der Waals surface area contributed by atoms with Gasteiger partial charge in [-0.3, -0.25) is 0 Å². The van der Waals surface area contributed by atoms with Crippen molar-refractivity contribution in [1.29, 1.82) is 0 Å². The Morgan fingerprint density at radius 3 is 2.15 bits per heavy atom. The van der Waals surface area contributed by atoms with E-state index in [1.807, 2.05) is 24.3 Å². The summed E-state index contributed by atoms with van der Waals surface area (Å²) in [6.45, 7) is 5.94. The van der Waals surface area contributed by atoms with Crippen LogP contribution in [0.1, 0.15) is 57.1 Å². The Bertz CT molecular complexity index is 908. The van der Waals surface area contributed by atoms with Crippen molar-refractivity contribution in [2.24, 2.45) is 0 Å². The standard InChI is InChI=1S/C26H34N2O5/c1-26(2,3)33-25(31)28-18(16-29)10-8-9-15-27-24(30)32-17-23-21-13-6-4-11-19(21)20-12-5-7-14-22(20)23/h4-7,11-14,18,23,29H,8-10,15-17H2,1-3H3,(H,27,30)(H,28,31). The number of aliphatic hydroxyl groups excluding tert-OH is 1. The van der Waals surface area contributed by atoms with E-state index in [4.69, 9.17) is 9.47 Å². The average molecular weight is 455 g/mol. The number of hydrogen-bond acceptors (Lipinski definition) is 5. The van der Waals surface area contributed by atoms with Crippen LogP contribution in [0.5, 0.6) is 0 Å². The zero-order chi connectivity index (χ0) is 23.8. The molecule has 0 heterocycles. The molecular weight excluding hydrogens is 420 g/mol. The molecule has 0 bridgehead atoms. The van der Waals surface area contributed by atoms with Gasteiger partial charge in [0.2, 0.25) is 0 Å². The number of amides is 2. The Kier molecular flexibility index (Phi) is 8.33. The van der Waals surface area contributed by atoms with E-state index in [0.29, 0.717) is 19.4 Å². The van der Waals surface area contributed by atoms with E-state index in [1.165, 1.54) is 22.3 Å². The summed E-state index contributed by atoms with van der Waals surface area (Å²) >= 11 is 0. The predicted octanol–water partition coefficient (Wildman–Crippen LogP) is 4.58. The molecule has 0 radical (unpaired) electrons. The number of alkyl carbamates (subject to hydrolysis) is 2. The van der Waals surface area contributed by atoms with Gasteiger partial charge in [-0.15, -0.1) is 0 Å². The molecular formula is C26H34N2O5. The molecule has 3 N–H and O–H groups in total. The highest BCUT2D eigenvalue weighted by Gasteiger charge is 2.29. The third-order valence-electron chi connectivity index (χ3n) is 5.53. The molecule has 1 unspecified atom stereocenters. The second-order valence-electron chi connectivity index (χ2n) is 9.27. The summed E-state index contributed by atoms with van der Waals surface area (Å²) in [6, 6.07) is 16.1. The molecule has 1 aliphatic rings. The van der Waals surface area contributed by atoms with Crippen molar-refractivity contribution < 1.29 is 24.2 Å². The number of aliphatic hydroxyl groups is 1. The van der Waals surface area contributed by atoms with Crippen molar-refractivity contribution in [3.63, 3.8) is 0 Å². The van der Waals surface area contributed by atoms with Gasteiger partial charge in [0.05, 0.1) is 12.6 Å². The zero-order valence-corrected chi connectivity index (χ0v) is 19.6. The van der Waals surface area contributed by atoms with E-state index in [9.17, 15) is 14.7 Å². The normalized spacial score (nSPS) is 13.6. The van der Waals surface area contributed by atoms with Gasteiger partial charge < -0.3 is 25.2 Å². The summed E-state index contributed by atoms with van der Waals surface area (Å²) < 4.78 is 10.7. The molecule has 3 rings (SSSR count). The highest BCUT2D eigenvalue weighted by Crippen LogP contribution is 2.44. The van der Waals surface area contributed by atoms with Crippen LogP contribution in [0.15, 0.2) is 48.5 Å². The Morgan fingerprint density at radius 1 is 0.970 bits per heavy atom. The number of rotatable bonds is 9. The fourth-order valence-electron chi connectivity index (χ4n) is 4.04. The van der Waals surface area contributed by atoms with E-state index in [1.54, 1.807) is 20.8 Å². The number of ether oxygens (including phenoxy) is 2. The first-order chi connectivity index (χ1) is 15.8. The molecule has 2 aromatic rings. The van der Waals surface area contributed by atoms with Crippen LogP contribution in [0.25, 0.3) is 11.1 Å². The van der Waals surface area contributed by atoms with Crippen LogP contribution in [0.4, 0.5) is 9.59 Å². The molecule has 2 aromatic carbocycles. The fourth-order valence-corrected chi connectivity index (χ4v) is 4.04. The summed E-state index contributed by atoms with van der Waals surface area (Å²) in [6.07, 6.45) is 1.03. The summed E-state index contributed by atoms with van der Waals surface area (Å²) in [5.41, 5.74) is 4.16. The molecule has 0 aromatic heterocycles. The maximum Gasteiger partial charge on any atom is 0.407 e. The Labute approximate surface area is 195 Å². The molecule has 178 valence electrons. The molecule has 33 heavy (non-hydrogen) atoms. The van der Waals surface area contributed by atoms with Crippen molar-refractivity contribution in [3.8, 4) is 11.1 Å². The third kappa shape index (κ3) is 6.96. The Morgan fingerprint density at radius 2 is 1.58 bits per heavy atom. The smallest absolute Gasteiger partial charge is 0.407 e. The molecule has 0 saturated heterocycles. The summed E-state index contributed by atoms with van der Waals surface area (Å²) in [4.78, 5) is 24.0. The van der Waals surface area contributed by atoms with Crippen molar-refractivity contribution in [3.05, 3.63) is 59.7 Å². The minimum atomic E-state index is -0.586. The lowest BCUT2D eigenvalue weighted by Crippen LogP contribution is -2.41. The maximum absolute atomic E-state index is 12.2. The lowest BCUT2D eigenvalue weighted by Gasteiger charge is -2.22. The van der Waals surface area contributed by atoms with Gasteiger partial charge in [0.1, 0.15) is 12.2 Å². The number of nitrogens with one attached hydrogen (secondary N) is 2. The molecule has 7 heteroatoms. The van der Waals surface area contributed by atoms with Crippen LogP contribution in [0, 0.1) is 0 Å². The number of unbranched alkanes of at least 4 members (excludes halogenated alkanes) is 1. The van der Waals surface area contributed by atoms with Crippen LogP contribution < -0.4 is 10.6 Å². The number of fused-ring (bicyclic) bond motifs is 3. The minimum absolute atomic E-state index is 0.0346. The molecule has 0 fully saturated rings. The molecule has 0 aliphatic heterocycles. The van der Waals surface area contributed by atoms with Gasteiger partial charge in [0, 0.05) is 12.5 Å². The maximum atomic E-state index is 12.2. The minimum Gasteiger partial charge on any atom is -0.449 e. The van der Waals surface area contributed by atoms with Crippen LogP contribution in [0.2, 0.25) is 0 Å². The van der Waals surface area contributed by atoms with Gasteiger partial charge in [-0.25, -0.2) is 9.59 Å². The fraction of sp³-hybridized carbons (Fsp3) is 0.462. The first-order valence-corrected chi connectivity index (χ1v) is 11.5. The number of hydrogen-bond donors (Lipinski definition) is 3. The quantitative estimate of drug-likeness (QED) is 0.482. The molecule has 0 saturated carbocycles. The second kappa shape index (κ2) is 11.2. The van der Waals surface area contributed by atoms with Crippen molar-refractivity contribution in [2.75, 3.05) is 19.8 Å². The highest BCUT2D eigenvalue weighted by atomic mass is 16.6. The van der Waals surface area contributed by atoms with Gasteiger partial charge >= 0.3 is 12.2 Å². The highest BCUT2D eigenvalue weighted by molar-refractivity contribution is 5.79. The average Bonchev–Trinajstić information content (AvgIpc) is 3.09. The van der Waals surface area contributed by atoms with Crippen molar-refractivity contribution in [2.45, 2.75) is 57.6 Å². The zero-order valence-electron chi connectivity index (χ0n) is 19.6. The Balaban J connectivity index is 1.37. The Hall–Kier alpha value is -3.06. The molecule has 2 amide bonds. The summed E-state index contributed by atoms with van der Waals surface area (Å²) in [5, 5.41) is 14.9. The first-order valence-electron chi connectivity index (χ1n) is 11.5. The van der Waals surface area contributed by atoms with Crippen LogP contribution in [0.3, 0.4) is 0 Å². The van der Waals surface area contributed by atoms with Crippen molar-refractivity contribution in [1.82, 2.24) is 10.6 Å². The predicted molar refractivity (Wildman–Crippen MR) is 127 cm³/mol. The number of carbonyl (C=O) groups is 2. The lowest BCUT2D eigenvalue weighted by molar-refractivity contribution is 0.0478. The van der Waals surface area contributed by atoms with Crippen molar-refractivity contribution >= 4 is 12.2 Å². The van der Waals surface area contributed by atoms with E-state index < -0.39 is 17.8 Å². The van der Waals surface area contributed by atoms with Gasteiger partial charge in [-0.1, -0.05) is 48.5 Å². The van der Waals surface area contributed by atoms with E-state index in [0.717, 1.165) is 6.42 Å².